The van der Waals surface area contributed by atoms with Gasteiger partial charge in [0.05, 0.1) is 19.3 Å². The Kier molecular flexibility index (Phi) is 4.86. The lowest BCUT2D eigenvalue weighted by Crippen LogP contribution is -2.51. The molecule has 0 aromatic heterocycles. The van der Waals surface area contributed by atoms with E-state index < -0.39 is 0 Å². The highest BCUT2D eigenvalue weighted by molar-refractivity contribution is 9.09. The number of carbonyl (C=O) groups excluding carboxylic acids is 1. The molecule has 1 heterocycles. The van der Waals surface area contributed by atoms with Crippen molar-refractivity contribution in [2.75, 3.05) is 25.1 Å². The monoisotopic (exact) mass is 303 g/mol. The second-order valence-corrected chi connectivity index (χ2v) is 6.02. The minimum absolute atomic E-state index is 0.232. The van der Waals surface area contributed by atoms with Gasteiger partial charge in [-0.2, -0.15) is 0 Å². The van der Waals surface area contributed by atoms with Crippen molar-refractivity contribution in [2.24, 2.45) is 11.8 Å². The molecule has 3 nitrogen and oxygen atoms in total. The van der Waals surface area contributed by atoms with Crippen molar-refractivity contribution in [3.63, 3.8) is 0 Å². The van der Waals surface area contributed by atoms with Gasteiger partial charge in [0.2, 0.25) is 5.91 Å². The van der Waals surface area contributed by atoms with Crippen molar-refractivity contribution in [3.05, 3.63) is 0 Å². The first kappa shape index (κ1) is 13.3. The Balaban J connectivity index is 1.93. The van der Waals surface area contributed by atoms with E-state index in [1.165, 1.54) is 12.8 Å². The number of carbonyl (C=O) groups is 1. The number of amides is 1. The van der Waals surface area contributed by atoms with Gasteiger partial charge in [-0.15, -0.1) is 0 Å². The molecule has 0 aromatic rings. The Morgan fingerprint density at radius 2 is 2.06 bits per heavy atom. The van der Waals surface area contributed by atoms with Crippen LogP contribution < -0.4 is 0 Å². The lowest BCUT2D eigenvalue weighted by atomic mass is 9.82. The first-order chi connectivity index (χ1) is 8.22. The third kappa shape index (κ3) is 3.22. The van der Waals surface area contributed by atoms with Crippen molar-refractivity contribution < 1.29 is 9.53 Å². The normalized spacial score (nSPS) is 34.7. The van der Waals surface area contributed by atoms with E-state index in [1.54, 1.807) is 0 Å². The van der Waals surface area contributed by atoms with Crippen LogP contribution in [0.2, 0.25) is 0 Å². The second kappa shape index (κ2) is 6.19. The average molecular weight is 304 g/mol. The maximum atomic E-state index is 12.5. The second-order valence-electron chi connectivity index (χ2n) is 5.37. The Bertz CT molecular complexity index is 264. The first-order valence-electron chi connectivity index (χ1n) is 6.66. The fourth-order valence-electron chi connectivity index (χ4n) is 2.81. The van der Waals surface area contributed by atoms with Crippen molar-refractivity contribution in [1.29, 1.82) is 0 Å². The number of halogens is 1. The molecule has 0 aromatic carbocycles. The highest BCUT2D eigenvalue weighted by atomic mass is 79.9. The molecular formula is C13H22BrNO2. The van der Waals surface area contributed by atoms with Crippen LogP contribution in [-0.4, -0.2) is 41.9 Å². The van der Waals surface area contributed by atoms with Crippen LogP contribution in [0.25, 0.3) is 0 Å². The third-order valence-corrected chi connectivity index (χ3v) is 4.80. The van der Waals surface area contributed by atoms with E-state index in [0.29, 0.717) is 19.1 Å². The average Bonchev–Trinajstić information content (AvgIpc) is 2.39. The van der Waals surface area contributed by atoms with Gasteiger partial charge >= 0.3 is 0 Å². The number of nitrogens with zero attached hydrogens (tertiary/aromatic N) is 1. The molecule has 2 aliphatic rings. The number of rotatable bonds is 2. The molecule has 1 saturated heterocycles. The zero-order valence-electron chi connectivity index (χ0n) is 10.5. The van der Waals surface area contributed by atoms with E-state index in [4.69, 9.17) is 4.74 Å². The smallest absolute Gasteiger partial charge is 0.226 e. The Morgan fingerprint density at radius 1 is 1.35 bits per heavy atom. The fraction of sp³-hybridized carbons (Fsp3) is 0.923. The van der Waals surface area contributed by atoms with E-state index >= 15 is 0 Å². The molecule has 1 aliphatic carbocycles. The van der Waals surface area contributed by atoms with Gasteiger partial charge in [-0.25, -0.2) is 0 Å². The predicted molar refractivity (Wildman–Crippen MR) is 71.2 cm³/mol. The summed E-state index contributed by atoms with van der Waals surface area (Å²) in [6.45, 7) is 4.43. The van der Waals surface area contributed by atoms with E-state index in [-0.39, 0.29) is 12.0 Å². The summed E-state index contributed by atoms with van der Waals surface area (Å²) in [6, 6.07) is 0.232. The Morgan fingerprint density at radius 3 is 2.71 bits per heavy atom. The molecule has 0 spiro atoms. The molecule has 1 unspecified atom stereocenters. The molecule has 4 heteroatoms. The number of alkyl halides is 1. The molecule has 2 rings (SSSR count). The summed E-state index contributed by atoms with van der Waals surface area (Å²) in [5, 5.41) is 0.821. The molecule has 1 aliphatic heterocycles. The first-order valence-corrected chi connectivity index (χ1v) is 7.78. The van der Waals surface area contributed by atoms with E-state index in [9.17, 15) is 4.79 Å². The zero-order chi connectivity index (χ0) is 12.3. The molecule has 0 N–H and O–H groups in total. The predicted octanol–water partition coefficient (Wildman–Crippen LogP) is 2.44. The Labute approximate surface area is 112 Å². The third-order valence-electron chi connectivity index (χ3n) is 4.05. The van der Waals surface area contributed by atoms with Crippen molar-refractivity contribution in [3.8, 4) is 0 Å². The number of hydrogen-bond donors (Lipinski definition) is 0. The highest BCUT2D eigenvalue weighted by Gasteiger charge is 2.32. The molecule has 1 amide bonds. The van der Waals surface area contributed by atoms with Crippen LogP contribution >= 0.6 is 15.9 Å². The maximum Gasteiger partial charge on any atom is 0.226 e. The van der Waals surface area contributed by atoms with E-state index in [1.807, 2.05) is 4.90 Å². The molecule has 0 radical (unpaired) electrons. The summed E-state index contributed by atoms with van der Waals surface area (Å²) in [6.07, 6.45) is 4.57. The van der Waals surface area contributed by atoms with Crippen LogP contribution in [0.1, 0.15) is 32.6 Å². The lowest BCUT2D eigenvalue weighted by Gasteiger charge is -2.38. The topological polar surface area (TPSA) is 29.5 Å². The SMILES string of the molecule is CC1CCC(C(=O)N2CCOCC2CBr)CC1. The highest BCUT2D eigenvalue weighted by Crippen LogP contribution is 2.30. The minimum atomic E-state index is 0.232. The van der Waals surface area contributed by atoms with Crippen molar-refractivity contribution in [2.45, 2.75) is 38.6 Å². The molecule has 98 valence electrons. The molecule has 0 bridgehead atoms. The van der Waals surface area contributed by atoms with Crippen LogP contribution in [-0.2, 0) is 9.53 Å². The summed E-state index contributed by atoms with van der Waals surface area (Å²) < 4.78 is 5.43. The van der Waals surface area contributed by atoms with Gasteiger partial charge in [0.25, 0.3) is 0 Å². The van der Waals surface area contributed by atoms with Gasteiger partial charge in [0, 0.05) is 17.8 Å². The molecule has 1 saturated carbocycles. The Hall–Kier alpha value is -0.0900. The van der Waals surface area contributed by atoms with Gasteiger partial charge in [-0.05, 0) is 31.6 Å². The van der Waals surface area contributed by atoms with Crippen LogP contribution in [0.5, 0.6) is 0 Å². The summed E-state index contributed by atoms with van der Waals surface area (Å²) in [5.74, 6) is 1.44. The van der Waals surface area contributed by atoms with Crippen LogP contribution in [0.3, 0.4) is 0 Å². The number of ether oxygens (including phenoxy) is 1. The van der Waals surface area contributed by atoms with E-state index in [0.717, 1.165) is 30.6 Å². The molecule has 17 heavy (non-hydrogen) atoms. The number of hydrogen-bond acceptors (Lipinski definition) is 2. The number of morpholine rings is 1. The largest absolute Gasteiger partial charge is 0.377 e. The van der Waals surface area contributed by atoms with Crippen LogP contribution in [0.4, 0.5) is 0 Å². The summed E-state index contributed by atoms with van der Waals surface area (Å²) in [7, 11) is 0. The summed E-state index contributed by atoms with van der Waals surface area (Å²) in [4.78, 5) is 14.5. The van der Waals surface area contributed by atoms with Crippen molar-refractivity contribution in [1.82, 2.24) is 4.90 Å². The van der Waals surface area contributed by atoms with Crippen molar-refractivity contribution >= 4 is 21.8 Å². The summed E-state index contributed by atoms with van der Waals surface area (Å²) in [5.41, 5.74) is 0. The molecule has 2 fully saturated rings. The van der Waals surface area contributed by atoms with Crippen LogP contribution in [0, 0.1) is 11.8 Å². The zero-order valence-corrected chi connectivity index (χ0v) is 12.1. The lowest BCUT2D eigenvalue weighted by molar-refractivity contribution is -0.144. The minimum Gasteiger partial charge on any atom is -0.377 e. The molecular weight excluding hydrogens is 282 g/mol. The summed E-state index contributed by atoms with van der Waals surface area (Å²) >= 11 is 3.48. The van der Waals surface area contributed by atoms with Gasteiger partial charge < -0.3 is 9.64 Å². The fourth-order valence-corrected chi connectivity index (χ4v) is 3.35. The quantitative estimate of drug-likeness (QED) is 0.733. The van der Waals surface area contributed by atoms with Gasteiger partial charge in [0.1, 0.15) is 0 Å². The molecule has 1 atom stereocenters. The van der Waals surface area contributed by atoms with Gasteiger partial charge in [-0.3, -0.25) is 4.79 Å². The maximum absolute atomic E-state index is 12.5. The standard InChI is InChI=1S/C13H22BrNO2/c1-10-2-4-11(5-3-10)13(16)15-6-7-17-9-12(15)8-14/h10-12H,2-9H2,1H3. The van der Waals surface area contributed by atoms with Crippen LogP contribution in [0.15, 0.2) is 0 Å². The van der Waals surface area contributed by atoms with Gasteiger partial charge in [0.15, 0.2) is 0 Å². The van der Waals surface area contributed by atoms with E-state index in [2.05, 4.69) is 22.9 Å². The van der Waals surface area contributed by atoms with Gasteiger partial charge in [-0.1, -0.05) is 22.9 Å².